The summed E-state index contributed by atoms with van der Waals surface area (Å²) in [5.74, 6) is -0.445. The second kappa shape index (κ2) is 7.99. The van der Waals surface area contributed by atoms with E-state index in [0.29, 0.717) is 15.3 Å². The van der Waals surface area contributed by atoms with Gasteiger partial charge in [-0.3, -0.25) is 10.1 Å². The highest BCUT2D eigenvalue weighted by Crippen LogP contribution is 2.24. The fraction of sp³-hybridized carbons (Fsp3) is 0. The molecule has 0 bridgehead atoms. The maximum Gasteiger partial charge on any atom is 0.293 e. The van der Waals surface area contributed by atoms with Crippen molar-refractivity contribution >= 4 is 56.5 Å². The monoisotopic (exact) mass is 452 g/mol. The predicted octanol–water partition coefficient (Wildman–Crippen LogP) is 5.63. The van der Waals surface area contributed by atoms with Crippen LogP contribution in [0.3, 0.4) is 0 Å². The number of thiocarbonyl (C=S) groups is 1. The molecule has 0 fully saturated rings. The Hall–Kier alpha value is -2.22. The van der Waals surface area contributed by atoms with Crippen molar-refractivity contribution in [1.82, 2.24) is 5.32 Å². The molecule has 0 saturated carbocycles. The van der Waals surface area contributed by atoms with Crippen molar-refractivity contribution in [1.29, 1.82) is 0 Å². The molecule has 0 spiro atoms. The Morgan fingerprint density at radius 1 is 1.12 bits per heavy atom. The minimum atomic E-state index is -0.541. The van der Waals surface area contributed by atoms with E-state index < -0.39 is 11.7 Å². The minimum absolute atomic E-state index is 0.0411. The fourth-order valence-corrected chi connectivity index (χ4v) is 2.80. The van der Waals surface area contributed by atoms with Crippen molar-refractivity contribution < 1.29 is 13.6 Å². The van der Waals surface area contributed by atoms with Crippen LogP contribution in [-0.2, 0) is 0 Å². The van der Waals surface area contributed by atoms with Gasteiger partial charge in [-0.2, -0.15) is 0 Å². The zero-order valence-corrected chi connectivity index (χ0v) is 16.2. The summed E-state index contributed by atoms with van der Waals surface area (Å²) in [6, 6.07) is 14.7. The van der Waals surface area contributed by atoms with Gasteiger partial charge in [0, 0.05) is 15.1 Å². The van der Waals surface area contributed by atoms with Crippen LogP contribution < -0.4 is 10.6 Å². The van der Waals surface area contributed by atoms with Crippen LogP contribution in [-0.4, -0.2) is 11.0 Å². The molecule has 0 radical (unpaired) electrons. The van der Waals surface area contributed by atoms with E-state index in [1.165, 1.54) is 18.2 Å². The number of anilines is 1. The van der Waals surface area contributed by atoms with Gasteiger partial charge in [0.1, 0.15) is 11.6 Å². The predicted molar refractivity (Wildman–Crippen MR) is 107 cm³/mol. The third-order valence-electron chi connectivity index (χ3n) is 3.36. The van der Waals surface area contributed by atoms with Gasteiger partial charge in [-0.25, -0.2) is 4.39 Å². The van der Waals surface area contributed by atoms with Crippen LogP contribution >= 0.6 is 39.7 Å². The molecule has 0 atom stereocenters. The molecule has 0 aliphatic rings. The number of hydrogen-bond acceptors (Lipinski definition) is 3. The molecule has 0 saturated heterocycles. The SMILES string of the molecule is O=C(NC(=S)Nc1ccc(Br)cc1F)c1ccc(-c2ccc(Cl)cc2)o1. The second-order valence-electron chi connectivity index (χ2n) is 5.20. The molecule has 2 aromatic carbocycles. The summed E-state index contributed by atoms with van der Waals surface area (Å²) in [6.45, 7) is 0. The molecule has 0 aliphatic carbocycles. The Kier molecular flexibility index (Phi) is 5.70. The Morgan fingerprint density at radius 2 is 1.85 bits per heavy atom. The lowest BCUT2D eigenvalue weighted by molar-refractivity contribution is 0.0951. The number of benzene rings is 2. The van der Waals surface area contributed by atoms with Crippen molar-refractivity contribution in [2.24, 2.45) is 0 Å². The maximum absolute atomic E-state index is 13.8. The van der Waals surface area contributed by atoms with Crippen molar-refractivity contribution in [3.63, 3.8) is 0 Å². The average Bonchev–Trinajstić information content (AvgIpc) is 3.08. The van der Waals surface area contributed by atoms with Crippen LogP contribution in [0.5, 0.6) is 0 Å². The molecule has 132 valence electrons. The van der Waals surface area contributed by atoms with Gasteiger partial charge in [0.15, 0.2) is 10.9 Å². The number of rotatable bonds is 3. The van der Waals surface area contributed by atoms with Crippen molar-refractivity contribution in [3.05, 3.63) is 75.7 Å². The first-order chi connectivity index (χ1) is 12.4. The first-order valence-corrected chi connectivity index (χ1v) is 8.93. The normalized spacial score (nSPS) is 10.4. The van der Waals surface area contributed by atoms with Crippen LogP contribution in [0.1, 0.15) is 10.6 Å². The highest BCUT2D eigenvalue weighted by molar-refractivity contribution is 9.10. The van der Waals surface area contributed by atoms with Gasteiger partial charge >= 0.3 is 0 Å². The van der Waals surface area contributed by atoms with Crippen LogP contribution in [0.15, 0.2) is 63.5 Å². The van der Waals surface area contributed by atoms with Gasteiger partial charge in [0.2, 0.25) is 0 Å². The van der Waals surface area contributed by atoms with Crippen molar-refractivity contribution in [3.8, 4) is 11.3 Å². The van der Waals surface area contributed by atoms with Crippen molar-refractivity contribution in [2.75, 3.05) is 5.32 Å². The van der Waals surface area contributed by atoms with Gasteiger partial charge in [0.25, 0.3) is 5.91 Å². The van der Waals surface area contributed by atoms with Crippen LogP contribution in [0.2, 0.25) is 5.02 Å². The summed E-state index contributed by atoms with van der Waals surface area (Å²) in [6.07, 6.45) is 0. The third kappa shape index (κ3) is 4.49. The van der Waals surface area contributed by atoms with E-state index in [9.17, 15) is 9.18 Å². The summed E-state index contributed by atoms with van der Waals surface area (Å²) in [7, 11) is 0. The second-order valence-corrected chi connectivity index (χ2v) is 6.96. The van der Waals surface area contributed by atoms with E-state index in [0.717, 1.165) is 5.56 Å². The zero-order chi connectivity index (χ0) is 18.7. The van der Waals surface area contributed by atoms with E-state index in [4.69, 9.17) is 28.2 Å². The molecule has 8 heteroatoms. The summed E-state index contributed by atoms with van der Waals surface area (Å²) < 4.78 is 19.9. The summed E-state index contributed by atoms with van der Waals surface area (Å²) >= 11 is 14.1. The van der Waals surface area contributed by atoms with Crippen LogP contribution in [0.25, 0.3) is 11.3 Å². The minimum Gasteiger partial charge on any atom is -0.451 e. The van der Waals surface area contributed by atoms with Crippen molar-refractivity contribution in [2.45, 2.75) is 0 Å². The fourth-order valence-electron chi connectivity index (χ4n) is 2.14. The van der Waals surface area contributed by atoms with Gasteiger partial charge in [-0.05, 0) is 66.8 Å². The third-order valence-corrected chi connectivity index (χ3v) is 4.31. The quantitative estimate of drug-likeness (QED) is 0.505. The molecule has 2 N–H and O–H groups in total. The average molecular weight is 454 g/mol. The zero-order valence-electron chi connectivity index (χ0n) is 13.1. The lowest BCUT2D eigenvalue weighted by Crippen LogP contribution is -2.34. The highest BCUT2D eigenvalue weighted by atomic mass is 79.9. The number of amides is 1. The van der Waals surface area contributed by atoms with Gasteiger partial charge in [0.05, 0.1) is 5.69 Å². The summed E-state index contributed by atoms with van der Waals surface area (Å²) in [5, 5.41) is 5.64. The molecule has 1 amide bonds. The molecule has 3 aromatic rings. The van der Waals surface area contributed by atoms with Gasteiger partial charge in [-0.1, -0.05) is 27.5 Å². The topological polar surface area (TPSA) is 54.3 Å². The van der Waals surface area contributed by atoms with Gasteiger partial charge < -0.3 is 9.73 Å². The lowest BCUT2D eigenvalue weighted by Gasteiger charge is -2.09. The molecule has 0 unspecified atom stereocenters. The first-order valence-electron chi connectivity index (χ1n) is 7.35. The summed E-state index contributed by atoms with van der Waals surface area (Å²) in [4.78, 5) is 12.2. The Bertz CT molecular complexity index is 976. The Morgan fingerprint density at radius 3 is 2.54 bits per heavy atom. The molecule has 4 nitrogen and oxygen atoms in total. The lowest BCUT2D eigenvalue weighted by atomic mass is 10.2. The van der Waals surface area contributed by atoms with E-state index in [1.807, 2.05) is 0 Å². The molecule has 0 aliphatic heterocycles. The summed E-state index contributed by atoms with van der Waals surface area (Å²) in [5.41, 5.74) is 0.936. The number of nitrogens with one attached hydrogen (secondary N) is 2. The number of furan rings is 1. The number of halogens is 3. The molecule has 26 heavy (non-hydrogen) atoms. The molecular weight excluding hydrogens is 443 g/mol. The van der Waals surface area contributed by atoms with E-state index >= 15 is 0 Å². The first kappa shape index (κ1) is 18.6. The van der Waals surface area contributed by atoms with E-state index in [2.05, 4.69) is 26.6 Å². The molecule has 1 heterocycles. The molecular formula is C18H11BrClFN2O2S. The largest absolute Gasteiger partial charge is 0.451 e. The maximum atomic E-state index is 13.8. The Labute approximate surface area is 167 Å². The van der Waals surface area contributed by atoms with Crippen LogP contribution in [0.4, 0.5) is 10.1 Å². The molecule has 3 rings (SSSR count). The number of carbonyl (C=O) groups excluding carboxylic acids is 1. The van der Waals surface area contributed by atoms with E-state index in [1.54, 1.807) is 36.4 Å². The molecule has 1 aromatic heterocycles. The standard InChI is InChI=1S/C18H11BrClFN2O2S/c19-11-3-6-14(13(21)9-11)22-18(26)23-17(24)16-8-7-15(25-16)10-1-4-12(20)5-2-10/h1-9H,(H2,22,23,24,26). The highest BCUT2D eigenvalue weighted by Gasteiger charge is 2.14. The van der Waals surface area contributed by atoms with Gasteiger partial charge in [-0.15, -0.1) is 0 Å². The van der Waals surface area contributed by atoms with Crippen LogP contribution in [0, 0.1) is 5.82 Å². The smallest absolute Gasteiger partial charge is 0.293 e. The van der Waals surface area contributed by atoms with E-state index in [-0.39, 0.29) is 16.6 Å². The number of carbonyl (C=O) groups is 1. The number of hydrogen-bond donors (Lipinski definition) is 2. The Balaban J connectivity index is 1.66.